The van der Waals surface area contributed by atoms with Gasteiger partial charge in [-0.05, 0) is 6.07 Å². The van der Waals surface area contributed by atoms with Crippen molar-refractivity contribution >= 4 is 29.0 Å². The van der Waals surface area contributed by atoms with Crippen LogP contribution in [0, 0.1) is 0 Å². The number of nitrogens with zero attached hydrogens (tertiary/aromatic N) is 2. The highest BCUT2D eigenvalue weighted by atomic mass is 35.5. The lowest BCUT2D eigenvalue weighted by atomic mass is 10.2. The van der Waals surface area contributed by atoms with Gasteiger partial charge in [0.15, 0.2) is 0 Å². The lowest BCUT2D eigenvalue weighted by molar-refractivity contribution is 0.102. The van der Waals surface area contributed by atoms with Crippen LogP contribution in [0.25, 0.3) is 0 Å². The van der Waals surface area contributed by atoms with Gasteiger partial charge in [0.25, 0.3) is 5.91 Å². The summed E-state index contributed by atoms with van der Waals surface area (Å²) >= 11 is 5.68. The molecule has 0 aromatic carbocycles. The van der Waals surface area contributed by atoms with Crippen molar-refractivity contribution in [1.82, 2.24) is 15.2 Å². The van der Waals surface area contributed by atoms with Crippen LogP contribution in [0.4, 0.5) is 11.5 Å². The van der Waals surface area contributed by atoms with Gasteiger partial charge in [-0.25, -0.2) is 4.98 Å². The molecule has 2 heterocycles. The summed E-state index contributed by atoms with van der Waals surface area (Å²) in [5.74, 6) is 0.114. The summed E-state index contributed by atoms with van der Waals surface area (Å²) < 4.78 is 0. The van der Waals surface area contributed by atoms with Crippen LogP contribution in [0.3, 0.4) is 0 Å². The molecule has 0 bridgehead atoms. The molecule has 2 aromatic heterocycles. The Kier molecular flexibility index (Phi) is 2.74. The Bertz CT molecular complexity index is 511. The summed E-state index contributed by atoms with van der Waals surface area (Å²) in [6.45, 7) is 0. The second kappa shape index (κ2) is 4.19. The molecule has 0 spiro atoms. The highest BCUT2D eigenvalue weighted by Gasteiger charge is 2.11. The Balaban J connectivity index is 2.24. The number of hydrogen-bond acceptors (Lipinski definition) is 4. The molecule has 0 aliphatic heterocycles. The minimum Gasteiger partial charge on any atom is -0.397 e. The molecule has 0 fully saturated rings. The highest BCUT2D eigenvalue weighted by Crippen LogP contribution is 2.16. The molecule has 0 radical (unpaired) electrons. The number of nitrogens with one attached hydrogen (secondary N) is 2. The number of pyridine rings is 1. The van der Waals surface area contributed by atoms with E-state index in [0.29, 0.717) is 5.82 Å². The first-order chi connectivity index (χ1) is 7.66. The third kappa shape index (κ3) is 2.12. The van der Waals surface area contributed by atoms with Crippen molar-refractivity contribution < 1.29 is 4.79 Å². The monoisotopic (exact) mass is 237 g/mol. The molecule has 0 aliphatic rings. The van der Waals surface area contributed by atoms with E-state index in [-0.39, 0.29) is 22.3 Å². The van der Waals surface area contributed by atoms with E-state index in [9.17, 15) is 4.79 Å². The lowest BCUT2D eigenvalue weighted by Crippen LogP contribution is -2.14. The summed E-state index contributed by atoms with van der Waals surface area (Å²) in [5.41, 5.74) is 6.15. The Morgan fingerprint density at radius 3 is 3.06 bits per heavy atom. The van der Waals surface area contributed by atoms with Gasteiger partial charge in [-0.3, -0.25) is 9.89 Å². The molecule has 7 heteroatoms. The first-order valence-corrected chi connectivity index (χ1v) is 4.76. The van der Waals surface area contributed by atoms with Crippen molar-refractivity contribution in [1.29, 1.82) is 0 Å². The average molecular weight is 238 g/mol. The SMILES string of the molecule is Nc1cnc(Cl)cc1C(=O)Nc1ccn[nH]1. The second-order valence-electron chi connectivity index (χ2n) is 3.02. The standard InChI is InChI=1S/C9H8ClN5O/c10-7-3-5(6(11)4-12-7)9(16)14-8-1-2-13-15-8/h1-4H,11H2,(H2,13,14,15,16). The number of carbonyl (C=O) groups is 1. The van der Waals surface area contributed by atoms with Crippen LogP contribution in [0.15, 0.2) is 24.5 Å². The number of nitrogen functional groups attached to an aromatic ring is 1. The van der Waals surface area contributed by atoms with Gasteiger partial charge in [0, 0.05) is 6.07 Å². The van der Waals surface area contributed by atoms with Crippen LogP contribution in [0.5, 0.6) is 0 Å². The smallest absolute Gasteiger partial charge is 0.259 e. The first kappa shape index (κ1) is 10.4. The van der Waals surface area contributed by atoms with Crippen LogP contribution in [-0.2, 0) is 0 Å². The fraction of sp³-hybridized carbons (Fsp3) is 0. The number of aromatic amines is 1. The number of amides is 1. The van der Waals surface area contributed by atoms with Crippen LogP contribution in [0.2, 0.25) is 5.15 Å². The summed E-state index contributed by atoms with van der Waals surface area (Å²) in [6.07, 6.45) is 2.86. The summed E-state index contributed by atoms with van der Waals surface area (Å²) in [5, 5.41) is 9.09. The van der Waals surface area contributed by atoms with Gasteiger partial charge in [0.05, 0.1) is 23.6 Å². The third-order valence-corrected chi connectivity index (χ3v) is 2.10. The number of aromatic nitrogens is 3. The second-order valence-corrected chi connectivity index (χ2v) is 3.41. The lowest BCUT2D eigenvalue weighted by Gasteiger charge is -2.05. The van der Waals surface area contributed by atoms with Gasteiger partial charge in [-0.2, -0.15) is 5.10 Å². The molecule has 2 rings (SSSR count). The molecule has 2 aromatic rings. The van der Waals surface area contributed by atoms with Crippen molar-refractivity contribution in [2.75, 3.05) is 11.1 Å². The highest BCUT2D eigenvalue weighted by molar-refractivity contribution is 6.30. The summed E-state index contributed by atoms with van der Waals surface area (Å²) in [7, 11) is 0. The Morgan fingerprint density at radius 2 is 2.38 bits per heavy atom. The fourth-order valence-electron chi connectivity index (χ4n) is 1.15. The molecular weight excluding hydrogens is 230 g/mol. The van der Waals surface area contributed by atoms with E-state index in [0.717, 1.165) is 0 Å². The zero-order valence-corrected chi connectivity index (χ0v) is 8.82. The molecule has 0 saturated carbocycles. The number of anilines is 2. The van der Waals surface area contributed by atoms with Gasteiger partial charge >= 0.3 is 0 Å². The van der Waals surface area contributed by atoms with Crippen molar-refractivity contribution in [2.24, 2.45) is 0 Å². The molecule has 0 unspecified atom stereocenters. The van der Waals surface area contributed by atoms with Crippen molar-refractivity contribution in [3.8, 4) is 0 Å². The van der Waals surface area contributed by atoms with Crippen molar-refractivity contribution in [3.63, 3.8) is 0 Å². The molecule has 0 saturated heterocycles. The quantitative estimate of drug-likeness (QED) is 0.686. The van der Waals surface area contributed by atoms with Crippen LogP contribution in [-0.4, -0.2) is 21.1 Å². The van der Waals surface area contributed by atoms with E-state index in [2.05, 4.69) is 20.5 Å². The molecule has 1 amide bonds. The van der Waals surface area contributed by atoms with E-state index >= 15 is 0 Å². The zero-order valence-electron chi connectivity index (χ0n) is 8.07. The van der Waals surface area contributed by atoms with E-state index in [1.807, 2.05) is 0 Å². The largest absolute Gasteiger partial charge is 0.397 e. The molecular formula is C9H8ClN5O. The van der Waals surface area contributed by atoms with E-state index in [1.54, 1.807) is 6.07 Å². The van der Waals surface area contributed by atoms with Crippen LogP contribution >= 0.6 is 11.6 Å². The van der Waals surface area contributed by atoms with E-state index in [1.165, 1.54) is 18.5 Å². The zero-order chi connectivity index (χ0) is 11.5. The average Bonchev–Trinajstić information content (AvgIpc) is 2.74. The maximum absolute atomic E-state index is 11.8. The van der Waals surface area contributed by atoms with E-state index in [4.69, 9.17) is 17.3 Å². The van der Waals surface area contributed by atoms with Gasteiger partial charge in [0.2, 0.25) is 0 Å². The summed E-state index contributed by atoms with van der Waals surface area (Å²) in [6, 6.07) is 3.03. The normalized spacial score (nSPS) is 10.1. The minimum atomic E-state index is -0.369. The number of rotatable bonds is 2. The maximum atomic E-state index is 11.8. The Hall–Kier alpha value is -2.08. The van der Waals surface area contributed by atoms with Gasteiger partial charge in [-0.15, -0.1) is 0 Å². The third-order valence-electron chi connectivity index (χ3n) is 1.89. The number of hydrogen-bond donors (Lipinski definition) is 3. The molecule has 0 aliphatic carbocycles. The molecule has 6 nitrogen and oxygen atoms in total. The number of halogens is 1. The molecule has 16 heavy (non-hydrogen) atoms. The predicted octanol–water partition coefficient (Wildman–Crippen LogP) is 1.29. The van der Waals surface area contributed by atoms with E-state index < -0.39 is 0 Å². The van der Waals surface area contributed by atoms with Crippen molar-refractivity contribution in [2.45, 2.75) is 0 Å². The number of H-pyrrole nitrogens is 1. The molecule has 4 N–H and O–H groups in total. The predicted molar refractivity (Wildman–Crippen MR) is 60.2 cm³/mol. The first-order valence-electron chi connectivity index (χ1n) is 4.38. The maximum Gasteiger partial charge on any atom is 0.259 e. The van der Waals surface area contributed by atoms with Crippen LogP contribution < -0.4 is 11.1 Å². The van der Waals surface area contributed by atoms with Gasteiger partial charge in [-0.1, -0.05) is 11.6 Å². The molecule has 0 atom stereocenters. The van der Waals surface area contributed by atoms with Gasteiger partial charge < -0.3 is 11.1 Å². The van der Waals surface area contributed by atoms with Crippen molar-refractivity contribution in [3.05, 3.63) is 35.2 Å². The number of nitrogens with two attached hydrogens (primary N) is 1. The minimum absolute atomic E-state index is 0.212. The topological polar surface area (TPSA) is 96.7 Å². The Morgan fingerprint density at radius 1 is 1.56 bits per heavy atom. The fourth-order valence-corrected chi connectivity index (χ4v) is 1.31. The van der Waals surface area contributed by atoms with Gasteiger partial charge in [0.1, 0.15) is 11.0 Å². The summed E-state index contributed by atoms with van der Waals surface area (Å²) in [4.78, 5) is 15.5. The molecule has 82 valence electrons. The Labute approximate surface area is 95.8 Å². The van der Waals surface area contributed by atoms with Crippen LogP contribution in [0.1, 0.15) is 10.4 Å². The number of carbonyl (C=O) groups excluding carboxylic acids is 1.